The number of hydrogen-bond donors (Lipinski definition) is 1. The van der Waals surface area contributed by atoms with E-state index in [1.807, 2.05) is 4.90 Å². The number of piperazine rings is 1. The molecule has 0 bridgehead atoms. The van der Waals surface area contributed by atoms with Gasteiger partial charge in [-0.1, -0.05) is 11.6 Å². The zero-order valence-electron chi connectivity index (χ0n) is 10.8. The van der Waals surface area contributed by atoms with E-state index in [1.165, 1.54) is 19.4 Å². The minimum atomic E-state index is 0.0634. The number of nitrogen functional groups attached to an aromatic ring is 1. The Hall–Kier alpha value is -1.26. The quantitative estimate of drug-likeness (QED) is 0.798. The number of fused-ring (bicyclic) bond motifs is 1. The summed E-state index contributed by atoms with van der Waals surface area (Å²) in [5.41, 5.74) is 6.82. The highest BCUT2D eigenvalue weighted by atomic mass is 35.5. The third-order valence-corrected chi connectivity index (χ3v) is 4.45. The van der Waals surface area contributed by atoms with Crippen molar-refractivity contribution >= 4 is 23.2 Å². The summed E-state index contributed by atoms with van der Waals surface area (Å²) < 4.78 is 0. The van der Waals surface area contributed by atoms with Crippen LogP contribution in [-0.2, 0) is 0 Å². The number of benzene rings is 1. The molecule has 3 rings (SSSR count). The van der Waals surface area contributed by atoms with E-state index < -0.39 is 0 Å². The van der Waals surface area contributed by atoms with Gasteiger partial charge in [-0.05, 0) is 37.6 Å². The van der Waals surface area contributed by atoms with Gasteiger partial charge < -0.3 is 10.6 Å². The number of nitrogens with zero attached hydrogens (tertiary/aromatic N) is 2. The third kappa shape index (κ3) is 2.42. The van der Waals surface area contributed by atoms with E-state index in [9.17, 15) is 4.79 Å². The number of anilines is 1. The van der Waals surface area contributed by atoms with Crippen LogP contribution < -0.4 is 5.73 Å². The molecule has 0 aliphatic carbocycles. The lowest BCUT2D eigenvalue weighted by Gasteiger charge is -2.37. The Kier molecular flexibility index (Phi) is 3.37. The van der Waals surface area contributed by atoms with Crippen LogP contribution in [0.25, 0.3) is 0 Å². The summed E-state index contributed by atoms with van der Waals surface area (Å²) in [7, 11) is 0. The van der Waals surface area contributed by atoms with Crippen molar-refractivity contribution in [3.63, 3.8) is 0 Å². The fraction of sp³-hybridized carbons (Fsp3) is 0.500. The van der Waals surface area contributed by atoms with Crippen LogP contribution in [0, 0.1) is 0 Å². The molecule has 102 valence electrons. The zero-order chi connectivity index (χ0) is 13.4. The van der Waals surface area contributed by atoms with Gasteiger partial charge in [0.15, 0.2) is 0 Å². The van der Waals surface area contributed by atoms with Crippen LogP contribution in [0.2, 0.25) is 5.02 Å². The van der Waals surface area contributed by atoms with E-state index in [0.717, 1.165) is 19.6 Å². The smallest absolute Gasteiger partial charge is 0.254 e. The van der Waals surface area contributed by atoms with Gasteiger partial charge in [-0.3, -0.25) is 9.69 Å². The molecule has 0 aromatic heterocycles. The first-order valence-corrected chi connectivity index (χ1v) is 7.11. The molecule has 1 aromatic carbocycles. The molecule has 2 aliphatic heterocycles. The number of nitrogens with two attached hydrogens (primary N) is 1. The Labute approximate surface area is 118 Å². The fourth-order valence-corrected chi connectivity index (χ4v) is 3.20. The molecule has 0 radical (unpaired) electrons. The highest BCUT2D eigenvalue weighted by Crippen LogP contribution is 2.24. The fourth-order valence-electron chi connectivity index (χ4n) is 3.02. The monoisotopic (exact) mass is 279 g/mol. The van der Waals surface area contributed by atoms with Crippen molar-refractivity contribution in [1.29, 1.82) is 0 Å². The summed E-state index contributed by atoms with van der Waals surface area (Å²) in [5, 5.41) is 0.449. The highest BCUT2D eigenvalue weighted by molar-refractivity contribution is 6.33. The molecule has 2 heterocycles. The molecule has 1 amide bonds. The van der Waals surface area contributed by atoms with Crippen molar-refractivity contribution in [1.82, 2.24) is 9.80 Å². The van der Waals surface area contributed by atoms with Gasteiger partial charge >= 0.3 is 0 Å². The Morgan fingerprint density at radius 1 is 1.32 bits per heavy atom. The number of halogens is 1. The van der Waals surface area contributed by atoms with Gasteiger partial charge in [-0.2, -0.15) is 0 Å². The molecule has 19 heavy (non-hydrogen) atoms. The van der Waals surface area contributed by atoms with Crippen molar-refractivity contribution < 1.29 is 4.79 Å². The van der Waals surface area contributed by atoms with Crippen LogP contribution in [0.3, 0.4) is 0 Å². The Morgan fingerprint density at radius 2 is 2.16 bits per heavy atom. The van der Waals surface area contributed by atoms with Crippen LogP contribution in [0.4, 0.5) is 5.69 Å². The Morgan fingerprint density at radius 3 is 2.95 bits per heavy atom. The van der Waals surface area contributed by atoms with Crippen LogP contribution in [0.5, 0.6) is 0 Å². The molecule has 2 aliphatic rings. The van der Waals surface area contributed by atoms with Crippen molar-refractivity contribution in [3.8, 4) is 0 Å². The first-order chi connectivity index (χ1) is 9.15. The Bertz CT molecular complexity index is 505. The van der Waals surface area contributed by atoms with Gasteiger partial charge in [-0.15, -0.1) is 0 Å². The lowest BCUT2D eigenvalue weighted by Crippen LogP contribution is -2.52. The van der Waals surface area contributed by atoms with Crippen LogP contribution >= 0.6 is 11.6 Å². The van der Waals surface area contributed by atoms with Gasteiger partial charge in [0.05, 0.1) is 10.7 Å². The Balaban J connectivity index is 1.74. The standard InChI is InChI=1S/C14H18ClN3O/c15-12-8-10(3-4-13(12)16)14(19)18-7-6-17-5-1-2-11(17)9-18/h3-4,8,11H,1-2,5-7,9,16H2/t11-/m1/s1. The van der Waals surface area contributed by atoms with Gasteiger partial charge in [-0.25, -0.2) is 0 Å². The number of carbonyl (C=O) groups excluding carboxylic acids is 1. The summed E-state index contributed by atoms with van der Waals surface area (Å²) in [6.45, 7) is 3.80. The van der Waals surface area contributed by atoms with Gasteiger partial charge in [0.1, 0.15) is 0 Å². The minimum absolute atomic E-state index is 0.0634. The molecular weight excluding hydrogens is 262 g/mol. The lowest BCUT2D eigenvalue weighted by molar-refractivity contribution is 0.0571. The van der Waals surface area contributed by atoms with E-state index in [4.69, 9.17) is 17.3 Å². The molecular formula is C14H18ClN3O. The van der Waals surface area contributed by atoms with Crippen molar-refractivity contribution in [2.45, 2.75) is 18.9 Å². The summed E-state index contributed by atoms with van der Waals surface area (Å²) in [4.78, 5) is 16.9. The van der Waals surface area contributed by atoms with E-state index in [1.54, 1.807) is 18.2 Å². The molecule has 0 spiro atoms. The first kappa shape index (κ1) is 12.8. The number of amides is 1. The number of carbonyl (C=O) groups is 1. The molecule has 2 fully saturated rings. The maximum atomic E-state index is 12.5. The zero-order valence-corrected chi connectivity index (χ0v) is 11.6. The summed E-state index contributed by atoms with van der Waals surface area (Å²) in [6.07, 6.45) is 2.45. The first-order valence-electron chi connectivity index (χ1n) is 6.73. The second kappa shape index (κ2) is 5.02. The minimum Gasteiger partial charge on any atom is -0.398 e. The van der Waals surface area contributed by atoms with Crippen LogP contribution in [0.1, 0.15) is 23.2 Å². The summed E-state index contributed by atoms with van der Waals surface area (Å²) in [6, 6.07) is 5.66. The normalized spacial score (nSPS) is 23.4. The van der Waals surface area contributed by atoms with E-state index >= 15 is 0 Å². The molecule has 2 N–H and O–H groups in total. The molecule has 1 atom stereocenters. The molecule has 5 heteroatoms. The van der Waals surface area contributed by atoms with Gasteiger partial charge in [0.2, 0.25) is 0 Å². The number of rotatable bonds is 1. The second-order valence-corrected chi connectivity index (χ2v) is 5.73. The average molecular weight is 280 g/mol. The molecule has 1 aromatic rings. The van der Waals surface area contributed by atoms with Gasteiger partial charge in [0.25, 0.3) is 5.91 Å². The van der Waals surface area contributed by atoms with Crippen LogP contribution in [0.15, 0.2) is 18.2 Å². The van der Waals surface area contributed by atoms with Crippen molar-refractivity contribution in [3.05, 3.63) is 28.8 Å². The maximum Gasteiger partial charge on any atom is 0.254 e. The molecule has 2 saturated heterocycles. The topological polar surface area (TPSA) is 49.6 Å². The summed E-state index contributed by atoms with van der Waals surface area (Å²) >= 11 is 5.98. The summed E-state index contributed by atoms with van der Waals surface area (Å²) in [5.74, 6) is 0.0634. The average Bonchev–Trinajstić information content (AvgIpc) is 2.88. The van der Waals surface area contributed by atoms with Crippen molar-refractivity contribution in [2.75, 3.05) is 31.9 Å². The predicted octanol–water partition coefficient (Wildman–Crippen LogP) is 1.84. The van der Waals surface area contributed by atoms with E-state index in [-0.39, 0.29) is 5.91 Å². The second-order valence-electron chi connectivity index (χ2n) is 5.32. The van der Waals surface area contributed by atoms with E-state index in [0.29, 0.717) is 22.3 Å². The highest BCUT2D eigenvalue weighted by Gasteiger charge is 2.32. The van der Waals surface area contributed by atoms with Crippen molar-refractivity contribution in [2.24, 2.45) is 0 Å². The van der Waals surface area contributed by atoms with Crippen LogP contribution in [-0.4, -0.2) is 47.9 Å². The van der Waals surface area contributed by atoms with Gasteiger partial charge in [0, 0.05) is 31.2 Å². The largest absolute Gasteiger partial charge is 0.398 e. The molecule has 4 nitrogen and oxygen atoms in total. The molecule has 0 unspecified atom stereocenters. The molecule has 0 saturated carbocycles. The maximum absolute atomic E-state index is 12.5. The third-order valence-electron chi connectivity index (χ3n) is 4.12. The predicted molar refractivity (Wildman–Crippen MR) is 76.4 cm³/mol. The number of hydrogen-bond acceptors (Lipinski definition) is 3. The SMILES string of the molecule is Nc1ccc(C(=O)N2CCN3CCC[C@@H]3C2)cc1Cl. The lowest BCUT2D eigenvalue weighted by atomic mass is 10.1. The van der Waals surface area contributed by atoms with E-state index in [2.05, 4.69) is 4.90 Å².